The van der Waals surface area contributed by atoms with Crippen LogP contribution >= 0.6 is 0 Å². The Morgan fingerprint density at radius 1 is 1.11 bits per heavy atom. The molecule has 0 bridgehead atoms. The fourth-order valence-electron chi connectivity index (χ4n) is 5.18. The molecule has 110 valence electrons. The van der Waals surface area contributed by atoms with E-state index in [-0.39, 0.29) is 0 Å². The van der Waals surface area contributed by atoms with Crippen molar-refractivity contribution in [3.8, 4) is 0 Å². The van der Waals surface area contributed by atoms with Gasteiger partial charge >= 0.3 is 0 Å². The molecular formula is C17H32N2. The smallest absolute Gasteiger partial charge is 0.00387 e. The van der Waals surface area contributed by atoms with Crippen LogP contribution in [0.2, 0.25) is 0 Å². The molecule has 0 aromatic carbocycles. The highest BCUT2D eigenvalue weighted by Crippen LogP contribution is 2.55. The Balaban J connectivity index is 1.48. The quantitative estimate of drug-likeness (QED) is 0.769. The third-order valence-corrected chi connectivity index (χ3v) is 6.05. The number of fused-ring (bicyclic) bond motifs is 1. The molecule has 1 heterocycles. The van der Waals surface area contributed by atoms with Gasteiger partial charge in [0.2, 0.25) is 0 Å². The van der Waals surface area contributed by atoms with Crippen LogP contribution in [-0.2, 0) is 0 Å². The van der Waals surface area contributed by atoms with Gasteiger partial charge < -0.3 is 9.80 Å². The molecule has 3 rings (SSSR count). The zero-order valence-corrected chi connectivity index (χ0v) is 13.0. The van der Waals surface area contributed by atoms with E-state index in [1.807, 2.05) is 0 Å². The minimum Gasteiger partial charge on any atom is -0.309 e. The average molecular weight is 264 g/mol. The van der Waals surface area contributed by atoms with Crippen molar-refractivity contribution < 1.29 is 0 Å². The number of hydrogen-bond acceptors (Lipinski definition) is 2. The fourth-order valence-corrected chi connectivity index (χ4v) is 5.18. The Morgan fingerprint density at radius 2 is 1.79 bits per heavy atom. The van der Waals surface area contributed by atoms with Gasteiger partial charge in [-0.05, 0) is 76.7 Å². The molecule has 1 spiro atoms. The van der Waals surface area contributed by atoms with E-state index in [1.165, 1.54) is 51.9 Å². The van der Waals surface area contributed by atoms with Gasteiger partial charge in [0.25, 0.3) is 0 Å². The summed E-state index contributed by atoms with van der Waals surface area (Å²) in [7, 11) is 4.38. The van der Waals surface area contributed by atoms with Crippen molar-refractivity contribution in [3.63, 3.8) is 0 Å². The summed E-state index contributed by atoms with van der Waals surface area (Å²) in [6.07, 6.45) is 12.1. The molecule has 0 radical (unpaired) electrons. The molecule has 3 aliphatic rings. The standard InChI is InChI=1S/C17H32N2/c1-18(2)9-5-10-19-11-8-17(14-19)12-15-6-3-4-7-16(15)13-17/h15-16H,3-14H2,1-2H3/t15-,16-/m0/s1. The average Bonchev–Trinajstić information content (AvgIpc) is 2.92. The Hall–Kier alpha value is -0.0800. The maximum Gasteiger partial charge on any atom is 0.00387 e. The van der Waals surface area contributed by atoms with E-state index in [0.717, 1.165) is 17.3 Å². The molecule has 0 unspecified atom stereocenters. The topological polar surface area (TPSA) is 6.48 Å². The summed E-state index contributed by atoms with van der Waals surface area (Å²) in [5.41, 5.74) is 0.748. The van der Waals surface area contributed by atoms with Crippen LogP contribution in [0.15, 0.2) is 0 Å². The molecule has 3 fully saturated rings. The van der Waals surface area contributed by atoms with E-state index >= 15 is 0 Å². The van der Waals surface area contributed by atoms with Crippen molar-refractivity contribution in [2.75, 3.05) is 40.3 Å². The van der Waals surface area contributed by atoms with Crippen LogP contribution in [-0.4, -0.2) is 50.1 Å². The fraction of sp³-hybridized carbons (Fsp3) is 1.00. The minimum absolute atomic E-state index is 0.748. The van der Waals surface area contributed by atoms with Gasteiger partial charge in [-0.25, -0.2) is 0 Å². The Kier molecular flexibility index (Phi) is 4.19. The van der Waals surface area contributed by atoms with E-state index < -0.39 is 0 Å². The summed E-state index contributed by atoms with van der Waals surface area (Å²) in [5.74, 6) is 2.21. The first-order valence-corrected chi connectivity index (χ1v) is 8.54. The van der Waals surface area contributed by atoms with Crippen LogP contribution in [0.3, 0.4) is 0 Å². The van der Waals surface area contributed by atoms with Crippen molar-refractivity contribution in [3.05, 3.63) is 0 Å². The van der Waals surface area contributed by atoms with Crippen LogP contribution in [0.1, 0.15) is 51.4 Å². The van der Waals surface area contributed by atoms with Gasteiger partial charge in [-0.2, -0.15) is 0 Å². The molecular weight excluding hydrogens is 232 g/mol. The lowest BCUT2D eigenvalue weighted by Crippen LogP contribution is -2.28. The van der Waals surface area contributed by atoms with Crippen molar-refractivity contribution in [1.82, 2.24) is 9.80 Å². The van der Waals surface area contributed by atoms with Crippen LogP contribution in [0.25, 0.3) is 0 Å². The second-order valence-corrected chi connectivity index (χ2v) is 7.90. The number of likely N-dealkylation sites (tertiary alicyclic amines) is 1. The second kappa shape index (κ2) is 5.73. The van der Waals surface area contributed by atoms with E-state index in [9.17, 15) is 0 Å². The Morgan fingerprint density at radius 3 is 2.42 bits per heavy atom. The predicted octanol–water partition coefficient (Wildman–Crippen LogP) is 3.23. The molecule has 19 heavy (non-hydrogen) atoms. The lowest BCUT2D eigenvalue weighted by atomic mass is 9.82. The van der Waals surface area contributed by atoms with Gasteiger partial charge in [0, 0.05) is 6.54 Å². The SMILES string of the molecule is CN(C)CCCN1CCC2(C[C@@H]3CCCC[C@H]3C2)C1. The molecule has 2 nitrogen and oxygen atoms in total. The zero-order chi connectivity index (χ0) is 13.3. The molecule has 0 N–H and O–H groups in total. The highest BCUT2D eigenvalue weighted by atomic mass is 15.2. The summed E-state index contributed by atoms with van der Waals surface area (Å²) in [4.78, 5) is 5.08. The van der Waals surface area contributed by atoms with Crippen LogP contribution in [0.5, 0.6) is 0 Å². The molecule has 0 aromatic heterocycles. The zero-order valence-electron chi connectivity index (χ0n) is 13.0. The maximum absolute atomic E-state index is 2.76. The van der Waals surface area contributed by atoms with Gasteiger partial charge in [0.05, 0.1) is 0 Å². The lowest BCUT2D eigenvalue weighted by Gasteiger charge is -2.24. The van der Waals surface area contributed by atoms with Crippen molar-refractivity contribution in [2.24, 2.45) is 17.3 Å². The van der Waals surface area contributed by atoms with Gasteiger partial charge in [-0.15, -0.1) is 0 Å². The largest absolute Gasteiger partial charge is 0.309 e. The van der Waals surface area contributed by atoms with Crippen molar-refractivity contribution in [2.45, 2.75) is 51.4 Å². The highest BCUT2D eigenvalue weighted by molar-refractivity contribution is 5.00. The summed E-state index contributed by atoms with van der Waals surface area (Å²) in [5, 5.41) is 0. The molecule has 1 saturated heterocycles. The van der Waals surface area contributed by atoms with Crippen LogP contribution in [0.4, 0.5) is 0 Å². The Bertz CT molecular complexity index is 286. The Labute approximate surface area is 119 Å². The summed E-state index contributed by atoms with van der Waals surface area (Å²) >= 11 is 0. The molecule has 1 aliphatic heterocycles. The third kappa shape index (κ3) is 3.16. The van der Waals surface area contributed by atoms with E-state index in [1.54, 1.807) is 25.7 Å². The van der Waals surface area contributed by atoms with Crippen molar-refractivity contribution >= 4 is 0 Å². The monoisotopic (exact) mass is 264 g/mol. The van der Waals surface area contributed by atoms with Crippen LogP contribution < -0.4 is 0 Å². The molecule has 0 aromatic rings. The number of nitrogens with zero attached hydrogens (tertiary/aromatic N) is 2. The first-order valence-electron chi connectivity index (χ1n) is 8.54. The molecule has 2 aliphatic carbocycles. The summed E-state index contributed by atoms with van der Waals surface area (Å²) < 4.78 is 0. The van der Waals surface area contributed by atoms with E-state index in [0.29, 0.717) is 0 Å². The van der Waals surface area contributed by atoms with Gasteiger partial charge in [0.1, 0.15) is 0 Å². The van der Waals surface area contributed by atoms with Gasteiger partial charge in [0.15, 0.2) is 0 Å². The van der Waals surface area contributed by atoms with E-state index in [2.05, 4.69) is 23.9 Å². The number of hydrogen-bond donors (Lipinski definition) is 0. The molecule has 2 saturated carbocycles. The van der Waals surface area contributed by atoms with Gasteiger partial charge in [-0.1, -0.05) is 25.7 Å². The first kappa shape index (κ1) is 13.9. The van der Waals surface area contributed by atoms with E-state index in [4.69, 9.17) is 0 Å². The molecule has 2 atom stereocenters. The summed E-state index contributed by atoms with van der Waals surface area (Å²) in [6.45, 7) is 5.38. The first-order chi connectivity index (χ1) is 9.17. The second-order valence-electron chi connectivity index (χ2n) is 7.90. The number of rotatable bonds is 4. The molecule has 0 amide bonds. The van der Waals surface area contributed by atoms with Crippen molar-refractivity contribution in [1.29, 1.82) is 0 Å². The normalized spacial score (nSPS) is 34.3. The predicted molar refractivity (Wildman–Crippen MR) is 81.3 cm³/mol. The lowest BCUT2D eigenvalue weighted by molar-refractivity contribution is 0.242. The minimum atomic E-state index is 0.748. The van der Waals surface area contributed by atoms with Gasteiger partial charge in [-0.3, -0.25) is 0 Å². The van der Waals surface area contributed by atoms with Crippen LogP contribution in [0, 0.1) is 17.3 Å². The summed E-state index contributed by atoms with van der Waals surface area (Å²) in [6, 6.07) is 0. The maximum atomic E-state index is 2.76. The molecule has 2 heteroatoms. The highest BCUT2D eigenvalue weighted by Gasteiger charge is 2.48. The third-order valence-electron chi connectivity index (χ3n) is 6.05.